The van der Waals surface area contributed by atoms with Gasteiger partial charge in [-0.25, -0.2) is 9.97 Å². The van der Waals surface area contributed by atoms with Crippen molar-refractivity contribution in [2.24, 2.45) is 5.92 Å². The molecule has 0 aliphatic heterocycles. The van der Waals surface area contributed by atoms with E-state index in [9.17, 15) is 13.2 Å². The number of rotatable bonds is 4. The SMILES string of the molecule is CC(CO)C(C)Nc1cc(N)nc(C(F)(F)F)n1. The molecule has 2 atom stereocenters. The Balaban J connectivity index is 2.94. The number of nitrogen functional groups attached to an aromatic ring is 1. The monoisotopic (exact) mass is 264 g/mol. The van der Waals surface area contributed by atoms with Crippen molar-refractivity contribution >= 4 is 11.6 Å². The van der Waals surface area contributed by atoms with E-state index in [0.717, 1.165) is 0 Å². The minimum Gasteiger partial charge on any atom is -0.396 e. The number of anilines is 2. The molecule has 5 nitrogen and oxygen atoms in total. The molecule has 0 saturated heterocycles. The second-order valence-corrected chi connectivity index (χ2v) is 4.09. The van der Waals surface area contributed by atoms with Crippen LogP contribution in [-0.4, -0.2) is 27.7 Å². The summed E-state index contributed by atoms with van der Waals surface area (Å²) in [5.74, 6) is -1.68. The summed E-state index contributed by atoms with van der Waals surface area (Å²) in [6, 6.07) is 0.973. The highest BCUT2D eigenvalue weighted by Crippen LogP contribution is 2.28. The number of nitrogens with two attached hydrogens (primary N) is 1. The normalized spacial score (nSPS) is 15.2. The van der Waals surface area contributed by atoms with Gasteiger partial charge in [0.1, 0.15) is 11.6 Å². The predicted molar refractivity (Wildman–Crippen MR) is 60.8 cm³/mol. The van der Waals surface area contributed by atoms with Crippen LogP contribution in [0.15, 0.2) is 6.07 Å². The Morgan fingerprint density at radius 1 is 1.39 bits per heavy atom. The van der Waals surface area contributed by atoms with E-state index in [1.54, 1.807) is 13.8 Å². The van der Waals surface area contributed by atoms with Crippen LogP contribution >= 0.6 is 0 Å². The molecular formula is C10H15F3N4O. The Labute approximate surface area is 102 Å². The van der Waals surface area contributed by atoms with Crippen molar-refractivity contribution in [2.75, 3.05) is 17.7 Å². The van der Waals surface area contributed by atoms with E-state index in [0.29, 0.717) is 0 Å². The maximum Gasteiger partial charge on any atom is 0.451 e. The van der Waals surface area contributed by atoms with Crippen molar-refractivity contribution in [3.05, 3.63) is 11.9 Å². The van der Waals surface area contributed by atoms with E-state index in [2.05, 4.69) is 15.3 Å². The van der Waals surface area contributed by atoms with Crippen LogP contribution in [-0.2, 0) is 6.18 Å². The highest BCUT2D eigenvalue weighted by atomic mass is 19.4. The maximum absolute atomic E-state index is 12.5. The molecule has 1 aromatic rings. The number of aliphatic hydroxyl groups is 1. The van der Waals surface area contributed by atoms with Gasteiger partial charge < -0.3 is 16.2 Å². The summed E-state index contributed by atoms with van der Waals surface area (Å²) >= 11 is 0. The molecular weight excluding hydrogens is 249 g/mol. The molecule has 8 heteroatoms. The summed E-state index contributed by atoms with van der Waals surface area (Å²) in [6.07, 6.45) is -4.64. The summed E-state index contributed by atoms with van der Waals surface area (Å²) < 4.78 is 37.4. The highest BCUT2D eigenvalue weighted by Gasteiger charge is 2.35. The fraction of sp³-hybridized carbons (Fsp3) is 0.600. The fourth-order valence-corrected chi connectivity index (χ4v) is 1.20. The molecule has 1 aromatic heterocycles. The first-order valence-corrected chi connectivity index (χ1v) is 5.33. The van der Waals surface area contributed by atoms with Crippen molar-refractivity contribution in [3.8, 4) is 0 Å². The van der Waals surface area contributed by atoms with Crippen LogP contribution in [0.2, 0.25) is 0 Å². The van der Waals surface area contributed by atoms with E-state index in [4.69, 9.17) is 10.8 Å². The highest BCUT2D eigenvalue weighted by molar-refractivity contribution is 5.45. The van der Waals surface area contributed by atoms with Crippen LogP contribution in [0, 0.1) is 5.92 Å². The lowest BCUT2D eigenvalue weighted by atomic mass is 10.1. The topological polar surface area (TPSA) is 84.1 Å². The van der Waals surface area contributed by atoms with Crippen LogP contribution in [0.5, 0.6) is 0 Å². The van der Waals surface area contributed by atoms with E-state index in [1.807, 2.05) is 0 Å². The third-order valence-electron chi connectivity index (χ3n) is 2.52. The van der Waals surface area contributed by atoms with Gasteiger partial charge in [0, 0.05) is 18.7 Å². The Morgan fingerprint density at radius 2 is 2.00 bits per heavy atom. The molecule has 0 spiro atoms. The Hall–Kier alpha value is -1.57. The number of hydrogen-bond donors (Lipinski definition) is 3. The number of aliphatic hydroxyl groups excluding tert-OH is 1. The zero-order valence-corrected chi connectivity index (χ0v) is 9.99. The van der Waals surface area contributed by atoms with Crippen molar-refractivity contribution < 1.29 is 18.3 Å². The summed E-state index contributed by atoms with van der Waals surface area (Å²) in [4.78, 5) is 6.48. The van der Waals surface area contributed by atoms with Crippen LogP contribution in [0.3, 0.4) is 0 Å². The molecule has 0 aliphatic rings. The van der Waals surface area contributed by atoms with Gasteiger partial charge in [0.15, 0.2) is 0 Å². The Bertz CT molecular complexity index is 411. The Kier molecular flexibility index (Phi) is 4.33. The van der Waals surface area contributed by atoms with E-state index >= 15 is 0 Å². The van der Waals surface area contributed by atoms with Crippen LogP contribution < -0.4 is 11.1 Å². The number of halogens is 3. The number of alkyl halides is 3. The molecule has 102 valence electrons. The number of hydrogen-bond acceptors (Lipinski definition) is 5. The van der Waals surface area contributed by atoms with Gasteiger partial charge in [0.25, 0.3) is 0 Å². The number of nitrogens with one attached hydrogen (secondary N) is 1. The number of nitrogens with zero attached hydrogens (tertiary/aromatic N) is 2. The molecule has 1 heterocycles. The molecule has 4 N–H and O–H groups in total. The standard InChI is InChI=1S/C10H15F3N4O/c1-5(4-18)6(2)15-8-3-7(14)16-9(17-8)10(11,12)13/h3,5-6,18H,4H2,1-2H3,(H3,14,15,16,17). The molecule has 18 heavy (non-hydrogen) atoms. The summed E-state index contributed by atoms with van der Waals surface area (Å²) in [5, 5.41) is 11.7. The molecule has 0 aromatic carbocycles. The molecule has 2 unspecified atom stereocenters. The molecule has 0 radical (unpaired) electrons. The summed E-state index contributed by atoms with van der Waals surface area (Å²) in [7, 11) is 0. The van der Waals surface area contributed by atoms with Gasteiger partial charge in [-0.15, -0.1) is 0 Å². The van der Waals surface area contributed by atoms with Crippen molar-refractivity contribution in [1.82, 2.24) is 9.97 Å². The van der Waals surface area contributed by atoms with Gasteiger partial charge in [-0.3, -0.25) is 0 Å². The zero-order valence-electron chi connectivity index (χ0n) is 9.99. The molecule has 1 rings (SSSR count). The van der Waals surface area contributed by atoms with Crippen LogP contribution in [0.4, 0.5) is 24.8 Å². The van der Waals surface area contributed by atoms with Gasteiger partial charge >= 0.3 is 6.18 Å². The summed E-state index contributed by atoms with van der Waals surface area (Å²) in [6.45, 7) is 3.40. The average molecular weight is 264 g/mol. The molecule has 0 amide bonds. The van der Waals surface area contributed by atoms with Gasteiger partial charge in [-0.05, 0) is 12.8 Å². The second-order valence-electron chi connectivity index (χ2n) is 4.09. The first-order valence-electron chi connectivity index (χ1n) is 5.33. The average Bonchev–Trinajstić information content (AvgIpc) is 2.25. The van der Waals surface area contributed by atoms with Gasteiger partial charge in [0.2, 0.25) is 5.82 Å². The number of aromatic nitrogens is 2. The lowest BCUT2D eigenvalue weighted by Crippen LogP contribution is -2.27. The molecule has 0 bridgehead atoms. The van der Waals surface area contributed by atoms with Crippen molar-refractivity contribution in [1.29, 1.82) is 0 Å². The first-order chi connectivity index (χ1) is 8.24. The maximum atomic E-state index is 12.5. The fourth-order valence-electron chi connectivity index (χ4n) is 1.20. The third kappa shape index (κ3) is 3.73. The van der Waals surface area contributed by atoms with Gasteiger partial charge in [-0.1, -0.05) is 6.92 Å². The van der Waals surface area contributed by atoms with E-state index in [-0.39, 0.29) is 30.2 Å². The summed E-state index contributed by atoms with van der Waals surface area (Å²) in [5.41, 5.74) is 5.30. The van der Waals surface area contributed by atoms with E-state index < -0.39 is 12.0 Å². The van der Waals surface area contributed by atoms with Crippen LogP contribution in [0.25, 0.3) is 0 Å². The third-order valence-corrected chi connectivity index (χ3v) is 2.52. The van der Waals surface area contributed by atoms with Gasteiger partial charge in [0.05, 0.1) is 0 Å². The largest absolute Gasteiger partial charge is 0.451 e. The lowest BCUT2D eigenvalue weighted by Gasteiger charge is -2.20. The minimum absolute atomic E-state index is 0.0115. The molecule has 0 aliphatic carbocycles. The quantitative estimate of drug-likeness (QED) is 0.767. The lowest BCUT2D eigenvalue weighted by molar-refractivity contribution is -0.144. The smallest absolute Gasteiger partial charge is 0.396 e. The second kappa shape index (κ2) is 5.38. The minimum atomic E-state index is -4.64. The van der Waals surface area contributed by atoms with E-state index in [1.165, 1.54) is 6.07 Å². The van der Waals surface area contributed by atoms with Crippen molar-refractivity contribution in [3.63, 3.8) is 0 Å². The predicted octanol–water partition coefficient (Wildman–Crippen LogP) is 1.51. The first kappa shape index (κ1) is 14.5. The van der Waals surface area contributed by atoms with Gasteiger partial charge in [-0.2, -0.15) is 13.2 Å². The zero-order chi connectivity index (χ0) is 13.9. The molecule has 0 saturated carbocycles. The van der Waals surface area contributed by atoms with Crippen molar-refractivity contribution in [2.45, 2.75) is 26.1 Å². The van der Waals surface area contributed by atoms with Crippen LogP contribution in [0.1, 0.15) is 19.7 Å². The Morgan fingerprint density at radius 3 is 2.50 bits per heavy atom. The molecule has 0 fully saturated rings.